The van der Waals surface area contributed by atoms with Crippen molar-refractivity contribution in [3.8, 4) is 0 Å². The summed E-state index contributed by atoms with van der Waals surface area (Å²) >= 11 is 0. The van der Waals surface area contributed by atoms with E-state index in [2.05, 4.69) is 0 Å². The number of rotatable bonds is 3. The van der Waals surface area contributed by atoms with Gasteiger partial charge in [0.05, 0.1) is 6.54 Å². The van der Waals surface area contributed by atoms with Crippen LogP contribution in [-0.4, -0.2) is 54.3 Å². The van der Waals surface area contributed by atoms with E-state index >= 15 is 0 Å². The Morgan fingerprint density at radius 3 is 2.44 bits per heavy atom. The molecule has 0 unspecified atom stereocenters. The lowest BCUT2D eigenvalue weighted by Crippen LogP contribution is -2.39. The highest BCUT2D eigenvalue weighted by Crippen LogP contribution is 2.07. The molecule has 1 fully saturated rings. The molecule has 0 aromatic heterocycles. The maximum atomic E-state index is 11.8. The van der Waals surface area contributed by atoms with Crippen LogP contribution in [0, 0.1) is 5.92 Å². The van der Waals surface area contributed by atoms with Gasteiger partial charge < -0.3 is 10.6 Å². The number of nitrogens with zero attached hydrogens (tertiary/aromatic N) is 2. The van der Waals surface area contributed by atoms with Crippen LogP contribution in [0.4, 0.5) is 0 Å². The first-order valence-corrected chi connectivity index (χ1v) is 5.80. The molecule has 0 aliphatic carbocycles. The average Bonchev–Trinajstić information content (AvgIpc) is 2.41. The molecule has 2 N–H and O–H groups in total. The molecule has 1 saturated heterocycles. The molecule has 0 radical (unpaired) electrons. The fourth-order valence-corrected chi connectivity index (χ4v) is 1.93. The van der Waals surface area contributed by atoms with E-state index in [1.54, 1.807) is 0 Å². The highest BCUT2D eigenvalue weighted by molar-refractivity contribution is 5.78. The number of carbonyl (C=O) groups excluding carboxylic acids is 2. The summed E-state index contributed by atoms with van der Waals surface area (Å²) in [6.45, 7) is 7.18. The molecular weight excluding hydrogens is 206 g/mol. The van der Waals surface area contributed by atoms with Gasteiger partial charge in [0, 0.05) is 32.1 Å². The van der Waals surface area contributed by atoms with Crippen LogP contribution in [0.3, 0.4) is 0 Å². The highest BCUT2D eigenvalue weighted by Gasteiger charge is 2.21. The summed E-state index contributed by atoms with van der Waals surface area (Å²) in [5.74, 6) is -0.0627. The van der Waals surface area contributed by atoms with Crippen LogP contribution < -0.4 is 5.73 Å². The molecule has 1 heterocycles. The van der Waals surface area contributed by atoms with E-state index in [1.807, 2.05) is 23.6 Å². The van der Waals surface area contributed by atoms with E-state index in [0.29, 0.717) is 13.1 Å². The second-order valence-corrected chi connectivity index (χ2v) is 4.58. The van der Waals surface area contributed by atoms with Gasteiger partial charge >= 0.3 is 0 Å². The van der Waals surface area contributed by atoms with Crippen LogP contribution in [0.25, 0.3) is 0 Å². The quantitative estimate of drug-likeness (QED) is 0.717. The van der Waals surface area contributed by atoms with Crippen LogP contribution in [0.5, 0.6) is 0 Å². The molecule has 92 valence electrons. The normalized spacial score (nSPS) is 18.6. The Morgan fingerprint density at radius 2 is 1.88 bits per heavy atom. The standard InChI is InChI=1S/C11H21N3O2/c1-9(2)11(16)14-5-3-4-13(6-7-14)8-10(12)15/h9H,3-8H2,1-2H3,(H2,12,15). The van der Waals surface area contributed by atoms with Crippen LogP contribution in [0.1, 0.15) is 20.3 Å². The minimum absolute atomic E-state index is 0.0442. The van der Waals surface area contributed by atoms with Crippen molar-refractivity contribution in [2.24, 2.45) is 11.7 Å². The third-order valence-electron chi connectivity index (χ3n) is 2.77. The molecule has 1 aliphatic heterocycles. The van der Waals surface area contributed by atoms with Crippen molar-refractivity contribution < 1.29 is 9.59 Å². The van der Waals surface area contributed by atoms with Gasteiger partial charge in [-0.1, -0.05) is 13.8 Å². The van der Waals surface area contributed by atoms with Gasteiger partial charge in [-0.25, -0.2) is 0 Å². The molecular formula is C11H21N3O2. The highest BCUT2D eigenvalue weighted by atomic mass is 16.2. The summed E-state index contributed by atoms with van der Waals surface area (Å²) in [5, 5.41) is 0. The van der Waals surface area contributed by atoms with Crippen molar-refractivity contribution in [2.45, 2.75) is 20.3 Å². The molecule has 0 aromatic carbocycles. The summed E-state index contributed by atoms with van der Waals surface area (Å²) in [4.78, 5) is 26.5. The minimum Gasteiger partial charge on any atom is -0.369 e. The zero-order valence-electron chi connectivity index (χ0n) is 10.1. The van der Waals surface area contributed by atoms with Gasteiger partial charge in [0.25, 0.3) is 0 Å². The lowest BCUT2D eigenvalue weighted by atomic mass is 10.2. The van der Waals surface area contributed by atoms with Gasteiger partial charge in [0.2, 0.25) is 11.8 Å². The van der Waals surface area contributed by atoms with E-state index in [0.717, 1.165) is 26.1 Å². The fourth-order valence-electron chi connectivity index (χ4n) is 1.93. The largest absolute Gasteiger partial charge is 0.369 e. The molecule has 5 nitrogen and oxygen atoms in total. The first-order valence-electron chi connectivity index (χ1n) is 5.80. The molecule has 1 rings (SSSR count). The Bertz CT molecular complexity index is 266. The van der Waals surface area contributed by atoms with Crippen LogP contribution in [-0.2, 0) is 9.59 Å². The van der Waals surface area contributed by atoms with E-state index < -0.39 is 0 Å². The molecule has 0 spiro atoms. The van der Waals surface area contributed by atoms with E-state index in [-0.39, 0.29) is 17.7 Å². The summed E-state index contributed by atoms with van der Waals surface area (Å²) in [6, 6.07) is 0. The van der Waals surface area contributed by atoms with Crippen molar-refractivity contribution in [1.82, 2.24) is 9.80 Å². The Kier molecular flexibility index (Phi) is 4.73. The summed E-state index contributed by atoms with van der Waals surface area (Å²) in [7, 11) is 0. The SMILES string of the molecule is CC(C)C(=O)N1CCCN(CC(N)=O)CC1. The smallest absolute Gasteiger partial charge is 0.231 e. The lowest BCUT2D eigenvalue weighted by Gasteiger charge is -2.22. The monoisotopic (exact) mass is 227 g/mol. The number of hydrogen-bond acceptors (Lipinski definition) is 3. The lowest BCUT2D eigenvalue weighted by molar-refractivity contribution is -0.134. The molecule has 16 heavy (non-hydrogen) atoms. The van der Waals surface area contributed by atoms with Crippen molar-refractivity contribution >= 4 is 11.8 Å². The molecule has 2 amide bonds. The number of primary amides is 1. The summed E-state index contributed by atoms with van der Waals surface area (Å²) in [5.41, 5.74) is 5.16. The van der Waals surface area contributed by atoms with Gasteiger partial charge in [-0.15, -0.1) is 0 Å². The molecule has 0 saturated carbocycles. The second-order valence-electron chi connectivity index (χ2n) is 4.58. The van der Waals surface area contributed by atoms with Gasteiger partial charge in [0.1, 0.15) is 0 Å². The molecule has 0 bridgehead atoms. The average molecular weight is 227 g/mol. The van der Waals surface area contributed by atoms with Gasteiger partial charge in [0.15, 0.2) is 0 Å². The van der Waals surface area contributed by atoms with E-state index in [1.165, 1.54) is 0 Å². The van der Waals surface area contributed by atoms with Crippen molar-refractivity contribution in [3.05, 3.63) is 0 Å². The topological polar surface area (TPSA) is 66.6 Å². The number of carbonyl (C=O) groups is 2. The predicted octanol–water partition coefficient (Wildman–Crippen LogP) is -0.338. The van der Waals surface area contributed by atoms with Crippen molar-refractivity contribution in [3.63, 3.8) is 0 Å². The van der Waals surface area contributed by atoms with Crippen LogP contribution in [0.2, 0.25) is 0 Å². The molecule has 1 aliphatic rings. The Balaban J connectivity index is 2.46. The Labute approximate surface area is 96.6 Å². The third kappa shape index (κ3) is 3.81. The molecule has 0 aromatic rings. The van der Waals surface area contributed by atoms with Crippen molar-refractivity contribution in [1.29, 1.82) is 0 Å². The number of hydrogen-bond donors (Lipinski definition) is 1. The van der Waals surface area contributed by atoms with E-state index in [4.69, 9.17) is 5.73 Å². The Morgan fingerprint density at radius 1 is 1.19 bits per heavy atom. The van der Waals surface area contributed by atoms with Gasteiger partial charge in [-0.05, 0) is 6.42 Å². The number of nitrogens with two attached hydrogens (primary N) is 1. The van der Waals surface area contributed by atoms with Crippen LogP contribution in [0.15, 0.2) is 0 Å². The zero-order valence-corrected chi connectivity index (χ0v) is 10.1. The Hall–Kier alpha value is -1.10. The first kappa shape index (κ1) is 13.0. The third-order valence-corrected chi connectivity index (χ3v) is 2.77. The second kappa shape index (κ2) is 5.84. The maximum Gasteiger partial charge on any atom is 0.231 e. The van der Waals surface area contributed by atoms with Gasteiger partial charge in [-0.3, -0.25) is 14.5 Å². The maximum absolute atomic E-state index is 11.8. The zero-order chi connectivity index (χ0) is 12.1. The predicted molar refractivity (Wildman–Crippen MR) is 61.7 cm³/mol. The fraction of sp³-hybridized carbons (Fsp3) is 0.818. The number of amides is 2. The van der Waals surface area contributed by atoms with E-state index in [9.17, 15) is 9.59 Å². The van der Waals surface area contributed by atoms with Gasteiger partial charge in [-0.2, -0.15) is 0 Å². The molecule has 5 heteroatoms. The van der Waals surface area contributed by atoms with Crippen molar-refractivity contribution in [2.75, 3.05) is 32.7 Å². The summed E-state index contributed by atoms with van der Waals surface area (Å²) in [6.07, 6.45) is 0.908. The minimum atomic E-state index is -0.302. The summed E-state index contributed by atoms with van der Waals surface area (Å²) < 4.78 is 0. The van der Waals surface area contributed by atoms with Crippen LogP contribution >= 0.6 is 0 Å². The molecule has 0 atom stereocenters. The first-order chi connectivity index (χ1) is 7.50.